The molecular weight excluding hydrogens is 276 g/mol. The van der Waals surface area contributed by atoms with Gasteiger partial charge in [-0.05, 0) is 37.3 Å². The van der Waals surface area contributed by atoms with E-state index >= 15 is 0 Å². The van der Waals surface area contributed by atoms with Crippen LogP contribution in [0.25, 0.3) is 22.3 Å². The summed E-state index contributed by atoms with van der Waals surface area (Å²) in [5.74, 6) is 0.802. The zero-order valence-electron chi connectivity index (χ0n) is 12.7. The van der Waals surface area contributed by atoms with Crippen LogP contribution in [-0.2, 0) is 4.74 Å². The molecule has 0 spiro atoms. The highest BCUT2D eigenvalue weighted by atomic mass is 16.5. The van der Waals surface area contributed by atoms with Crippen LogP contribution in [0.1, 0.15) is 6.92 Å². The van der Waals surface area contributed by atoms with E-state index in [1.54, 1.807) is 19.5 Å². The van der Waals surface area contributed by atoms with Crippen molar-refractivity contribution in [3.8, 4) is 11.4 Å². The second-order valence-corrected chi connectivity index (χ2v) is 5.14. The average molecular weight is 294 g/mol. The average Bonchev–Trinajstić information content (AvgIpc) is 2.56. The van der Waals surface area contributed by atoms with Gasteiger partial charge in [0.15, 0.2) is 0 Å². The zero-order chi connectivity index (χ0) is 15.4. The van der Waals surface area contributed by atoms with Crippen molar-refractivity contribution in [2.45, 2.75) is 13.0 Å². The topological polar surface area (TPSA) is 59.9 Å². The van der Waals surface area contributed by atoms with Crippen LogP contribution < -0.4 is 5.32 Å². The summed E-state index contributed by atoms with van der Waals surface area (Å²) >= 11 is 0. The van der Waals surface area contributed by atoms with E-state index in [0.717, 1.165) is 28.1 Å². The Balaban J connectivity index is 2.08. The third-order valence-electron chi connectivity index (χ3n) is 3.33. The molecule has 22 heavy (non-hydrogen) atoms. The first-order valence-corrected chi connectivity index (χ1v) is 7.20. The van der Waals surface area contributed by atoms with Crippen molar-refractivity contribution in [1.82, 2.24) is 15.0 Å². The van der Waals surface area contributed by atoms with E-state index in [-0.39, 0.29) is 6.04 Å². The molecule has 3 heterocycles. The van der Waals surface area contributed by atoms with Gasteiger partial charge in [-0.15, -0.1) is 0 Å². The van der Waals surface area contributed by atoms with Gasteiger partial charge in [0.2, 0.25) is 0 Å². The maximum Gasteiger partial charge on any atom is 0.136 e. The maximum absolute atomic E-state index is 5.18. The van der Waals surface area contributed by atoms with E-state index < -0.39 is 0 Å². The minimum atomic E-state index is 0.153. The van der Waals surface area contributed by atoms with Crippen molar-refractivity contribution >= 4 is 16.7 Å². The van der Waals surface area contributed by atoms with Crippen LogP contribution in [-0.4, -0.2) is 34.7 Å². The number of rotatable bonds is 5. The number of ether oxygens (including phenoxy) is 1. The quantitative estimate of drug-likeness (QED) is 0.783. The van der Waals surface area contributed by atoms with Crippen molar-refractivity contribution < 1.29 is 4.74 Å². The minimum absolute atomic E-state index is 0.153. The molecule has 3 aromatic rings. The molecule has 0 bridgehead atoms. The van der Waals surface area contributed by atoms with E-state index in [2.05, 4.69) is 22.2 Å². The molecule has 0 aliphatic heterocycles. The van der Waals surface area contributed by atoms with Crippen molar-refractivity contribution in [2.24, 2.45) is 0 Å². The molecule has 0 amide bonds. The van der Waals surface area contributed by atoms with E-state index in [1.807, 2.05) is 36.4 Å². The molecule has 1 atom stereocenters. The molecule has 3 rings (SSSR count). The molecule has 0 saturated carbocycles. The van der Waals surface area contributed by atoms with Crippen LogP contribution in [0.4, 0.5) is 5.82 Å². The van der Waals surface area contributed by atoms with Gasteiger partial charge in [0.25, 0.3) is 0 Å². The second kappa shape index (κ2) is 6.49. The highest BCUT2D eigenvalue weighted by molar-refractivity contribution is 5.91. The normalized spacial score (nSPS) is 12.3. The third kappa shape index (κ3) is 3.04. The lowest BCUT2D eigenvalue weighted by Gasteiger charge is -2.16. The fraction of sp³-hybridized carbons (Fsp3) is 0.235. The third-order valence-corrected chi connectivity index (χ3v) is 3.33. The Morgan fingerprint density at radius 2 is 1.95 bits per heavy atom. The number of fused-ring (bicyclic) bond motifs is 1. The number of methoxy groups -OCH3 is 1. The molecule has 0 fully saturated rings. The molecule has 0 radical (unpaired) electrons. The van der Waals surface area contributed by atoms with Crippen LogP contribution in [0.5, 0.6) is 0 Å². The molecule has 1 unspecified atom stereocenters. The van der Waals surface area contributed by atoms with E-state index in [9.17, 15) is 0 Å². The number of pyridine rings is 3. The largest absolute Gasteiger partial charge is 0.383 e. The van der Waals surface area contributed by atoms with Crippen molar-refractivity contribution in [3.63, 3.8) is 0 Å². The first kappa shape index (κ1) is 14.4. The summed E-state index contributed by atoms with van der Waals surface area (Å²) in [5.41, 5.74) is 2.53. The highest BCUT2D eigenvalue weighted by Crippen LogP contribution is 2.25. The van der Waals surface area contributed by atoms with Gasteiger partial charge in [-0.25, -0.2) is 4.98 Å². The summed E-state index contributed by atoms with van der Waals surface area (Å²) in [4.78, 5) is 13.5. The van der Waals surface area contributed by atoms with E-state index in [0.29, 0.717) is 6.61 Å². The molecule has 0 aliphatic rings. The first-order valence-electron chi connectivity index (χ1n) is 7.20. The molecule has 5 heteroatoms. The summed E-state index contributed by atoms with van der Waals surface area (Å²) in [6, 6.07) is 11.8. The van der Waals surface area contributed by atoms with Crippen LogP contribution in [0.3, 0.4) is 0 Å². The van der Waals surface area contributed by atoms with Crippen LogP contribution in [0.2, 0.25) is 0 Å². The molecule has 3 aromatic heterocycles. The monoisotopic (exact) mass is 294 g/mol. The fourth-order valence-corrected chi connectivity index (χ4v) is 2.36. The minimum Gasteiger partial charge on any atom is -0.383 e. The Bertz CT molecular complexity index is 761. The van der Waals surface area contributed by atoms with Gasteiger partial charge in [0.1, 0.15) is 5.82 Å². The Hall–Kier alpha value is -2.53. The van der Waals surface area contributed by atoms with Gasteiger partial charge in [-0.3, -0.25) is 9.97 Å². The standard InChI is InChI=1S/C17H18N4O/c1-12(11-22-2)20-17-13-6-5-9-19-15(13)10-16(21-17)14-7-3-4-8-18-14/h3-10,12H,11H2,1-2H3,(H,20,21). The Kier molecular flexibility index (Phi) is 4.25. The van der Waals surface area contributed by atoms with E-state index in [4.69, 9.17) is 9.72 Å². The van der Waals surface area contributed by atoms with Crippen molar-refractivity contribution in [2.75, 3.05) is 19.0 Å². The summed E-state index contributed by atoms with van der Waals surface area (Å²) in [6.45, 7) is 2.66. The predicted octanol–water partition coefficient (Wildman–Crippen LogP) is 3.14. The van der Waals surface area contributed by atoms with Crippen LogP contribution in [0, 0.1) is 0 Å². The van der Waals surface area contributed by atoms with Gasteiger partial charge in [-0.2, -0.15) is 0 Å². The molecule has 112 valence electrons. The summed E-state index contributed by atoms with van der Waals surface area (Å²) in [5, 5.41) is 4.38. The van der Waals surface area contributed by atoms with Crippen molar-refractivity contribution in [1.29, 1.82) is 0 Å². The van der Waals surface area contributed by atoms with Crippen LogP contribution >= 0.6 is 0 Å². The highest BCUT2D eigenvalue weighted by Gasteiger charge is 2.11. The lowest BCUT2D eigenvalue weighted by atomic mass is 10.1. The first-order chi connectivity index (χ1) is 10.8. The Labute approximate surface area is 129 Å². The Morgan fingerprint density at radius 1 is 1.09 bits per heavy atom. The molecule has 5 nitrogen and oxygen atoms in total. The molecular formula is C17H18N4O. The maximum atomic E-state index is 5.18. The van der Waals surface area contributed by atoms with Gasteiger partial charge < -0.3 is 10.1 Å². The summed E-state index contributed by atoms with van der Waals surface area (Å²) < 4.78 is 5.18. The second-order valence-electron chi connectivity index (χ2n) is 5.14. The Morgan fingerprint density at radius 3 is 2.73 bits per heavy atom. The number of nitrogens with zero attached hydrogens (tertiary/aromatic N) is 3. The van der Waals surface area contributed by atoms with Gasteiger partial charge in [-0.1, -0.05) is 6.07 Å². The van der Waals surface area contributed by atoms with Crippen molar-refractivity contribution in [3.05, 3.63) is 48.8 Å². The van der Waals surface area contributed by atoms with E-state index in [1.165, 1.54) is 0 Å². The SMILES string of the molecule is COCC(C)Nc1nc(-c2ccccn2)cc2ncccc12. The zero-order valence-corrected chi connectivity index (χ0v) is 12.7. The smallest absolute Gasteiger partial charge is 0.136 e. The van der Waals surface area contributed by atoms with Gasteiger partial charge in [0, 0.05) is 30.9 Å². The lowest BCUT2D eigenvalue weighted by molar-refractivity contribution is 0.190. The van der Waals surface area contributed by atoms with Crippen LogP contribution in [0.15, 0.2) is 48.8 Å². The lowest BCUT2D eigenvalue weighted by Crippen LogP contribution is -2.21. The van der Waals surface area contributed by atoms with Gasteiger partial charge in [0.05, 0.1) is 23.5 Å². The number of aromatic nitrogens is 3. The fourth-order valence-electron chi connectivity index (χ4n) is 2.36. The molecule has 0 aromatic carbocycles. The summed E-state index contributed by atoms with van der Waals surface area (Å²) in [7, 11) is 1.69. The molecule has 0 aliphatic carbocycles. The number of hydrogen-bond acceptors (Lipinski definition) is 5. The van der Waals surface area contributed by atoms with Gasteiger partial charge >= 0.3 is 0 Å². The number of anilines is 1. The molecule has 0 saturated heterocycles. The molecule has 1 N–H and O–H groups in total. The summed E-state index contributed by atoms with van der Waals surface area (Å²) in [6.07, 6.45) is 3.55. The number of nitrogens with one attached hydrogen (secondary N) is 1. The number of hydrogen-bond donors (Lipinski definition) is 1. The predicted molar refractivity (Wildman–Crippen MR) is 87.7 cm³/mol.